The van der Waals surface area contributed by atoms with Crippen LogP contribution in [0.1, 0.15) is 31.1 Å². The second kappa shape index (κ2) is 14.6. The van der Waals surface area contributed by atoms with Gasteiger partial charge in [-0.25, -0.2) is 0 Å². The van der Waals surface area contributed by atoms with Gasteiger partial charge in [0.25, 0.3) is 0 Å². The molecular formula is C16H26O5. The Morgan fingerprint density at radius 1 is 1.24 bits per heavy atom. The number of phenols is 1. The van der Waals surface area contributed by atoms with E-state index in [1.807, 2.05) is 20.8 Å². The summed E-state index contributed by atoms with van der Waals surface area (Å²) in [5.41, 5.74) is 0.486. The SMILES string of the molecule is C=C.CCOC(C)OCC.COc1cc(C=O)ccc1O. The summed E-state index contributed by atoms with van der Waals surface area (Å²) < 4.78 is 14.9. The van der Waals surface area contributed by atoms with E-state index >= 15 is 0 Å². The molecule has 5 heteroatoms. The topological polar surface area (TPSA) is 65.0 Å². The maximum Gasteiger partial charge on any atom is 0.161 e. The summed E-state index contributed by atoms with van der Waals surface area (Å²) >= 11 is 0. The number of hydrogen-bond acceptors (Lipinski definition) is 5. The van der Waals surface area contributed by atoms with E-state index in [4.69, 9.17) is 19.3 Å². The number of carbonyl (C=O) groups is 1. The molecule has 0 aliphatic carbocycles. The van der Waals surface area contributed by atoms with Gasteiger partial charge in [-0.05, 0) is 39.0 Å². The average Bonchev–Trinajstić information content (AvgIpc) is 2.51. The average molecular weight is 298 g/mol. The zero-order valence-electron chi connectivity index (χ0n) is 13.3. The molecule has 1 rings (SSSR count). The number of rotatable bonds is 6. The molecule has 0 bridgehead atoms. The summed E-state index contributed by atoms with van der Waals surface area (Å²) in [7, 11) is 1.43. The Morgan fingerprint density at radius 3 is 2.14 bits per heavy atom. The number of carbonyl (C=O) groups excluding carboxylic acids is 1. The fourth-order valence-corrected chi connectivity index (χ4v) is 1.29. The molecular weight excluding hydrogens is 272 g/mol. The van der Waals surface area contributed by atoms with Crippen LogP contribution in [0.2, 0.25) is 0 Å². The Hall–Kier alpha value is -1.85. The normalized spacial score (nSPS) is 9.00. The maximum absolute atomic E-state index is 10.2. The van der Waals surface area contributed by atoms with Crippen LogP contribution in [-0.4, -0.2) is 38.0 Å². The highest BCUT2D eigenvalue weighted by Crippen LogP contribution is 2.25. The van der Waals surface area contributed by atoms with Crippen LogP contribution in [0.25, 0.3) is 0 Å². The second-order valence-electron chi connectivity index (χ2n) is 3.53. The number of aldehydes is 1. The number of hydrogen-bond donors (Lipinski definition) is 1. The van der Waals surface area contributed by atoms with E-state index in [2.05, 4.69) is 13.2 Å². The minimum Gasteiger partial charge on any atom is -0.504 e. The molecule has 0 amide bonds. The van der Waals surface area contributed by atoms with Crippen molar-refractivity contribution in [1.82, 2.24) is 0 Å². The van der Waals surface area contributed by atoms with Crippen LogP contribution in [0.15, 0.2) is 31.4 Å². The Balaban J connectivity index is 0. The van der Waals surface area contributed by atoms with Crippen LogP contribution in [0, 0.1) is 0 Å². The monoisotopic (exact) mass is 298 g/mol. The van der Waals surface area contributed by atoms with Gasteiger partial charge >= 0.3 is 0 Å². The molecule has 0 fully saturated rings. The van der Waals surface area contributed by atoms with Crippen molar-refractivity contribution in [3.8, 4) is 11.5 Å². The van der Waals surface area contributed by atoms with E-state index in [9.17, 15) is 4.79 Å². The van der Waals surface area contributed by atoms with Gasteiger partial charge in [-0.15, -0.1) is 13.2 Å². The third-order valence-electron chi connectivity index (χ3n) is 2.14. The molecule has 1 N–H and O–H groups in total. The van der Waals surface area contributed by atoms with Gasteiger partial charge in [0.05, 0.1) is 7.11 Å². The molecule has 21 heavy (non-hydrogen) atoms. The van der Waals surface area contributed by atoms with Gasteiger partial charge in [0, 0.05) is 18.8 Å². The molecule has 0 unspecified atom stereocenters. The van der Waals surface area contributed by atoms with Gasteiger partial charge in [-0.2, -0.15) is 0 Å². The van der Waals surface area contributed by atoms with Crippen LogP contribution in [-0.2, 0) is 9.47 Å². The zero-order chi connectivity index (χ0) is 16.7. The van der Waals surface area contributed by atoms with E-state index in [-0.39, 0.29) is 12.0 Å². The minimum atomic E-state index is -0.0370. The molecule has 0 heterocycles. The molecule has 0 spiro atoms. The first kappa shape index (κ1) is 21.4. The Kier molecular flexibility index (Phi) is 14.9. The fourth-order valence-electron chi connectivity index (χ4n) is 1.29. The van der Waals surface area contributed by atoms with Crippen molar-refractivity contribution in [2.75, 3.05) is 20.3 Å². The van der Waals surface area contributed by atoms with Crippen molar-refractivity contribution in [2.24, 2.45) is 0 Å². The van der Waals surface area contributed by atoms with Crippen molar-refractivity contribution in [1.29, 1.82) is 0 Å². The lowest BCUT2D eigenvalue weighted by atomic mass is 10.2. The predicted octanol–water partition coefficient (Wildman–Crippen LogP) is 3.42. The Bertz CT molecular complexity index is 373. The van der Waals surface area contributed by atoms with Crippen molar-refractivity contribution in [2.45, 2.75) is 27.1 Å². The smallest absolute Gasteiger partial charge is 0.161 e. The summed E-state index contributed by atoms with van der Waals surface area (Å²) in [6.07, 6.45) is 0.659. The van der Waals surface area contributed by atoms with E-state index in [0.717, 1.165) is 13.2 Å². The number of phenolic OH excluding ortho intramolecular Hbond substituents is 1. The van der Waals surface area contributed by atoms with Gasteiger partial charge in [0.1, 0.15) is 6.29 Å². The molecule has 1 aromatic rings. The van der Waals surface area contributed by atoms with Crippen LogP contribution in [0.3, 0.4) is 0 Å². The number of aromatic hydroxyl groups is 1. The molecule has 0 aliphatic heterocycles. The molecule has 5 nitrogen and oxygen atoms in total. The molecule has 0 saturated heterocycles. The van der Waals surface area contributed by atoms with Crippen molar-refractivity contribution in [3.05, 3.63) is 36.9 Å². The van der Waals surface area contributed by atoms with Crippen molar-refractivity contribution in [3.63, 3.8) is 0 Å². The molecule has 0 aromatic heterocycles. The quantitative estimate of drug-likeness (QED) is 0.495. The lowest BCUT2D eigenvalue weighted by molar-refractivity contribution is -0.123. The second-order valence-corrected chi connectivity index (χ2v) is 3.53. The highest BCUT2D eigenvalue weighted by atomic mass is 16.7. The Morgan fingerprint density at radius 2 is 1.76 bits per heavy atom. The van der Waals surface area contributed by atoms with Crippen molar-refractivity contribution < 1.29 is 24.1 Å². The van der Waals surface area contributed by atoms with Crippen LogP contribution in [0.5, 0.6) is 11.5 Å². The summed E-state index contributed by atoms with van der Waals surface area (Å²) in [6, 6.07) is 4.41. The maximum atomic E-state index is 10.2. The van der Waals surface area contributed by atoms with E-state index in [1.165, 1.54) is 25.3 Å². The van der Waals surface area contributed by atoms with Gasteiger partial charge in [0.2, 0.25) is 0 Å². The highest BCUT2D eigenvalue weighted by molar-refractivity contribution is 5.76. The van der Waals surface area contributed by atoms with Gasteiger partial charge in [-0.3, -0.25) is 4.79 Å². The van der Waals surface area contributed by atoms with Crippen LogP contribution >= 0.6 is 0 Å². The summed E-state index contributed by atoms with van der Waals surface area (Å²) in [5.74, 6) is 0.354. The minimum absolute atomic E-state index is 0.0370. The first-order valence-electron chi connectivity index (χ1n) is 6.64. The summed E-state index contributed by atoms with van der Waals surface area (Å²) in [4.78, 5) is 10.2. The van der Waals surface area contributed by atoms with E-state index in [1.54, 1.807) is 0 Å². The molecule has 120 valence electrons. The summed E-state index contributed by atoms with van der Waals surface area (Å²) in [5, 5.41) is 9.09. The van der Waals surface area contributed by atoms with Crippen LogP contribution in [0.4, 0.5) is 0 Å². The standard InChI is InChI=1S/C8H8O3.C6H14O2.C2H4/c1-11-8-4-6(5-9)2-3-7(8)10;1-4-7-6(3)8-5-2;1-2/h2-5,10H,1H3;6H,4-5H2,1-3H3;1-2H2. The summed E-state index contributed by atoms with van der Waals surface area (Å²) in [6.45, 7) is 13.3. The third kappa shape index (κ3) is 10.6. The molecule has 0 radical (unpaired) electrons. The molecule has 0 aliphatic rings. The zero-order valence-corrected chi connectivity index (χ0v) is 13.3. The first-order valence-corrected chi connectivity index (χ1v) is 6.64. The van der Waals surface area contributed by atoms with E-state index in [0.29, 0.717) is 17.6 Å². The lowest BCUT2D eigenvalue weighted by Crippen LogP contribution is -2.11. The molecule has 0 saturated carbocycles. The molecule has 1 aromatic carbocycles. The third-order valence-corrected chi connectivity index (χ3v) is 2.14. The largest absolute Gasteiger partial charge is 0.504 e. The highest BCUT2D eigenvalue weighted by Gasteiger charge is 2.00. The first-order chi connectivity index (χ1) is 10.1. The van der Waals surface area contributed by atoms with Gasteiger partial charge in [-0.1, -0.05) is 0 Å². The number of methoxy groups -OCH3 is 1. The van der Waals surface area contributed by atoms with Gasteiger partial charge in [0.15, 0.2) is 17.8 Å². The Labute approximate surface area is 127 Å². The molecule has 0 atom stereocenters. The number of ether oxygens (including phenoxy) is 3. The number of benzene rings is 1. The fraction of sp³-hybridized carbons (Fsp3) is 0.438. The van der Waals surface area contributed by atoms with Gasteiger partial charge < -0.3 is 19.3 Å². The van der Waals surface area contributed by atoms with E-state index < -0.39 is 0 Å². The van der Waals surface area contributed by atoms with Crippen LogP contribution < -0.4 is 4.74 Å². The lowest BCUT2D eigenvalue weighted by Gasteiger charge is -2.09. The van der Waals surface area contributed by atoms with Crippen molar-refractivity contribution >= 4 is 6.29 Å². The predicted molar refractivity (Wildman–Crippen MR) is 84.0 cm³/mol.